The number of rotatable bonds is 5. The lowest BCUT2D eigenvalue weighted by Crippen LogP contribution is -2.51. The Bertz CT molecular complexity index is 531. The maximum Gasteiger partial charge on any atom is 0.235 e. The molecule has 1 aliphatic rings. The van der Waals surface area contributed by atoms with Crippen molar-refractivity contribution < 1.29 is 4.79 Å². The molecule has 4 nitrogen and oxygen atoms in total. The molecule has 1 fully saturated rings. The smallest absolute Gasteiger partial charge is 0.235 e. The molecule has 1 amide bonds. The van der Waals surface area contributed by atoms with Gasteiger partial charge in [0.2, 0.25) is 5.91 Å². The fourth-order valence-electron chi connectivity index (χ4n) is 2.64. The van der Waals surface area contributed by atoms with Crippen LogP contribution in [0.4, 0.5) is 0 Å². The first-order chi connectivity index (χ1) is 10.0. The molecule has 2 rings (SSSR count). The average molecular weight is 326 g/mol. The molecular weight excluding hydrogens is 306 g/mol. The summed E-state index contributed by atoms with van der Waals surface area (Å²) >= 11 is 7.41. The zero-order valence-corrected chi connectivity index (χ0v) is 13.7. The van der Waals surface area contributed by atoms with Crippen LogP contribution in [0, 0.1) is 11.3 Å². The predicted molar refractivity (Wildman–Crippen MR) is 85.3 cm³/mol. The molecule has 114 valence electrons. The molecule has 1 atom stereocenters. The van der Waals surface area contributed by atoms with Crippen LogP contribution in [-0.4, -0.2) is 18.0 Å². The van der Waals surface area contributed by atoms with E-state index in [2.05, 4.69) is 16.7 Å². The summed E-state index contributed by atoms with van der Waals surface area (Å²) in [5, 5.41) is 15.4. The van der Waals surface area contributed by atoms with Gasteiger partial charge in [-0.05, 0) is 31.9 Å². The fourth-order valence-corrected chi connectivity index (χ4v) is 3.73. The van der Waals surface area contributed by atoms with Crippen molar-refractivity contribution >= 4 is 28.8 Å². The molecule has 2 N–H and O–H groups in total. The third-order valence-electron chi connectivity index (χ3n) is 3.89. The zero-order valence-electron chi connectivity index (χ0n) is 12.1. The van der Waals surface area contributed by atoms with E-state index >= 15 is 0 Å². The van der Waals surface area contributed by atoms with E-state index in [0.717, 1.165) is 41.3 Å². The standard InChI is InChI=1S/C15H20ClN3OS/c1-11(12-5-6-13(16)21-12)18-9-14(20)19-15(10-17)7-3-2-4-8-15/h5-6,11,18H,2-4,7-9H2,1H3,(H,19,20)/t11-/m0/s1. The predicted octanol–water partition coefficient (Wildman–Crippen LogP) is 3.39. The van der Waals surface area contributed by atoms with Crippen LogP contribution in [0.2, 0.25) is 4.34 Å². The molecule has 6 heteroatoms. The van der Waals surface area contributed by atoms with Gasteiger partial charge in [-0.3, -0.25) is 4.79 Å². The summed E-state index contributed by atoms with van der Waals surface area (Å²) in [6.45, 7) is 2.20. The van der Waals surface area contributed by atoms with Crippen molar-refractivity contribution in [2.24, 2.45) is 0 Å². The zero-order chi connectivity index (χ0) is 15.3. The van der Waals surface area contributed by atoms with Crippen LogP contribution in [0.15, 0.2) is 12.1 Å². The van der Waals surface area contributed by atoms with E-state index in [1.807, 2.05) is 19.1 Å². The van der Waals surface area contributed by atoms with Gasteiger partial charge in [-0.1, -0.05) is 30.9 Å². The summed E-state index contributed by atoms with van der Waals surface area (Å²) in [7, 11) is 0. The summed E-state index contributed by atoms with van der Waals surface area (Å²) in [6, 6.07) is 6.18. The van der Waals surface area contributed by atoms with Gasteiger partial charge in [0.25, 0.3) is 0 Å². The molecule has 1 heterocycles. The second-order valence-electron chi connectivity index (χ2n) is 5.55. The van der Waals surface area contributed by atoms with E-state index in [1.165, 1.54) is 11.3 Å². The number of nitriles is 1. The molecule has 1 aliphatic carbocycles. The number of carbonyl (C=O) groups is 1. The van der Waals surface area contributed by atoms with Crippen LogP contribution in [0.25, 0.3) is 0 Å². The maximum absolute atomic E-state index is 12.1. The van der Waals surface area contributed by atoms with Gasteiger partial charge in [-0.2, -0.15) is 5.26 Å². The van der Waals surface area contributed by atoms with Crippen molar-refractivity contribution in [1.29, 1.82) is 5.26 Å². The molecule has 1 saturated carbocycles. The van der Waals surface area contributed by atoms with Crippen LogP contribution >= 0.6 is 22.9 Å². The molecule has 0 unspecified atom stereocenters. The second kappa shape index (κ2) is 7.26. The molecule has 1 aromatic rings. The summed E-state index contributed by atoms with van der Waals surface area (Å²) in [5.41, 5.74) is -0.660. The summed E-state index contributed by atoms with van der Waals surface area (Å²) in [4.78, 5) is 13.2. The van der Waals surface area contributed by atoms with Crippen LogP contribution in [-0.2, 0) is 4.79 Å². The highest BCUT2D eigenvalue weighted by Crippen LogP contribution is 2.28. The Morgan fingerprint density at radius 1 is 1.48 bits per heavy atom. The number of nitrogens with zero attached hydrogens (tertiary/aromatic N) is 1. The first kappa shape index (κ1) is 16.3. The Balaban J connectivity index is 1.83. The normalized spacial score (nSPS) is 18.7. The van der Waals surface area contributed by atoms with Crippen LogP contribution in [0.5, 0.6) is 0 Å². The van der Waals surface area contributed by atoms with Crippen molar-refractivity contribution in [1.82, 2.24) is 10.6 Å². The number of thiophene rings is 1. The Morgan fingerprint density at radius 3 is 2.76 bits per heavy atom. The third-order valence-corrected chi connectivity index (χ3v) is 5.30. The van der Waals surface area contributed by atoms with Gasteiger partial charge in [0.05, 0.1) is 17.0 Å². The minimum atomic E-state index is -0.660. The second-order valence-corrected chi connectivity index (χ2v) is 7.29. The number of hydrogen-bond acceptors (Lipinski definition) is 4. The molecule has 0 aliphatic heterocycles. The Labute approximate surface area is 134 Å². The average Bonchev–Trinajstić information content (AvgIpc) is 2.92. The monoisotopic (exact) mass is 325 g/mol. The molecule has 21 heavy (non-hydrogen) atoms. The summed E-state index contributed by atoms with van der Waals surface area (Å²) in [5.74, 6) is -0.118. The fraction of sp³-hybridized carbons (Fsp3) is 0.600. The van der Waals surface area contributed by atoms with Crippen molar-refractivity contribution in [2.45, 2.75) is 50.6 Å². The first-order valence-electron chi connectivity index (χ1n) is 7.25. The Hall–Kier alpha value is -1.09. The van der Waals surface area contributed by atoms with Gasteiger partial charge >= 0.3 is 0 Å². The first-order valence-corrected chi connectivity index (χ1v) is 8.45. The number of carbonyl (C=O) groups excluding carboxylic acids is 1. The number of hydrogen-bond donors (Lipinski definition) is 2. The minimum Gasteiger partial charge on any atom is -0.337 e. The van der Waals surface area contributed by atoms with E-state index < -0.39 is 5.54 Å². The van der Waals surface area contributed by atoms with Crippen LogP contribution in [0.3, 0.4) is 0 Å². The van der Waals surface area contributed by atoms with Gasteiger partial charge in [0, 0.05) is 10.9 Å². The third kappa shape index (κ3) is 4.44. The molecule has 1 aromatic heterocycles. The lowest BCUT2D eigenvalue weighted by molar-refractivity contribution is -0.122. The summed E-state index contributed by atoms with van der Waals surface area (Å²) < 4.78 is 0.744. The van der Waals surface area contributed by atoms with Crippen LogP contribution in [0.1, 0.15) is 49.9 Å². The number of amides is 1. The maximum atomic E-state index is 12.1. The molecule has 0 saturated heterocycles. The molecular formula is C15H20ClN3OS. The summed E-state index contributed by atoms with van der Waals surface area (Å²) in [6.07, 6.45) is 4.67. The Morgan fingerprint density at radius 2 is 2.19 bits per heavy atom. The van der Waals surface area contributed by atoms with Crippen molar-refractivity contribution in [3.05, 3.63) is 21.3 Å². The highest BCUT2D eigenvalue weighted by Gasteiger charge is 2.33. The molecule has 0 aromatic carbocycles. The van der Waals surface area contributed by atoms with E-state index in [1.54, 1.807) is 0 Å². The number of nitrogens with one attached hydrogen (secondary N) is 2. The van der Waals surface area contributed by atoms with Gasteiger partial charge in [-0.25, -0.2) is 0 Å². The van der Waals surface area contributed by atoms with Gasteiger partial charge in [-0.15, -0.1) is 11.3 Å². The lowest BCUT2D eigenvalue weighted by Gasteiger charge is -2.31. The molecule has 0 spiro atoms. The van der Waals surface area contributed by atoms with Gasteiger partial charge in [0.1, 0.15) is 5.54 Å². The largest absolute Gasteiger partial charge is 0.337 e. The minimum absolute atomic E-state index is 0.0673. The molecule has 0 bridgehead atoms. The quantitative estimate of drug-likeness (QED) is 0.872. The highest BCUT2D eigenvalue weighted by molar-refractivity contribution is 7.16. The van der Waals surface area contributed by atoms with Crippen molar-refractivity contribution in [2.75, 3.05) is 6.54 Å². The van der Waals surface area contributed by atoms with Crippen molar-refractivity contribution in [3.8, 4) is 6.07 Å². The molecule has 0 radical (unpaired) electrons. The topological polar surface area (TPSA) is 64.9 Å². The van der Waals surface area contributed by atoms with Gasteiger partial charge in [0.15, 0.2) is 0 Å². The van der Waals surface area contributed by atoms with E-state index in [4.69, 9.17) is 11.6 Å². The van der Waals surface area contributed by atoms with E-state index in [-0.39, 0.29) is 18.5 Å². The number of halogens is 1. The van der Waals surface area contributed by atoms with E-state index in [9.17, 15) is 10.1 Å². The SMILES string of the molecule is C[C@H](NCC(=O)NC1(C#N)CCCCC1)c1ccc(Cl)s1. The highest BCUT2D eigenvalue weighted by atomic mass is 35.5. The van der Waals surface area contributed by atoms with E-state index in [0.29, 0.717) is 0 Å². The van der Waals surface area contributed by atoms with Gasteiger partial charge < -0.3 is 10.6 Å². The van der Waals surface area contributed by atoms with Crippen LogP contribution < -0.4 is 10.6 Å². The van der Waals surface area contributed by atoms with Crippen molar-refractivity contribution in [3.63, 3.8) is 0 Å². The lowest BCUT2D eigenvalue weighted by atomic mass is 9.83. The Kier molecular flexibility index (Phi) is 5.63.